The minimum absolute atomic E-state index is 0.0108. The summed E-state index contributed by atoms with van der Waals surface area (Å²) in [6.07, 6.45) is 0. The molecule has 0 bridgehead atoms. The average Bonchev–Trinajstić information content (AvgIpc) is 2.32. The molecule has 1 saturated heterocycles. The smallest absolute Gasteiger partial charge is 0.245 e. The van der Waals surface area contributed by atoms with E-state index in [9.17, 15) is 4.79 Å². The molecule has 0 radical (unpaired) electrons. The molecule has 92 valence electrons. The summed E-state index contributed by atoms with van der Waals surface area (Å²) in [5, 5.41) is 2.85. The zero-order valence-electron chi connectivity index (χ0n) is 10.0. The first kappa shape index (κ1) is 11.7. The van der Waals surface area contributed by atoms with Crippen LogP contribution in [-0.4, -0.2) is 29.5 Å². The SMILES string of the molecule is CC1(C)C(=O)NCCN1c1cccc(NN)n1. The van der Waals surface area contributed by atoms with E-state index in [4.69, 9.17) is 5.84 Å². The highest BCUT2D eigenvalue weighted by Gasteiger charge is 2.38. The van der Waals surface area contributed by atoms with Crippen LogP contribution in [0.25, 0.3) is 0 Å². The van der Waals surface area contributed by atoms with E-state index in [2.05, 4.69) is 15.7 Å². The lowest BCUT2D eigenvalue weighted by molar-refractivity contribution is -0.126. The number of hydrogen-bond donors (Lipinski definition) is 3. The second kappa shape index (κ2) is 4.21. The second-order valence-corrected chi connectivity index (χ2v) is 4.49. The van der Waals surface area contributed by atoms with E-state index < -0.39 is 5.54 Å². The van der Waals surface area contributed by atoms with Gasteiger partial charge in [-0.2, -0.15) is 0 Å². The Morgan fingerprint density at radius 1 is 1.53 bits per heavy atom. The molecule has 6 nitrogen and oxygen atoms in total. The van der Waals surface area contributed by atoms with Crippen LogP contribution in [0.2, 0.25) is 0 Å². The van der Waals surface area contributed by atoms with Crippen molar-refractivity contribution in [1.29, 1.82) is 0 Å². The molecule has 1 aromatic rings. The Labute approximate surface area is 100 Å². The molecule has 0 aromatic carbocycles. The number of rotatable bonds is 2. The van der Waals surface area contributed by atoms with E-state index in [-0.39, 0.29) is 5.91 Å². The first-order valence-corrected chi connectivity index (χ1v) is 5.55. The van der Waals surface area contributed by atoms with E-state index in [1.54, 1.807) is 6.07 Å². The van der Waals surface area contributed by atoms with Crippen LogP contribution < -0.4 is 21.5 Å². The summed E-state index contributed by atoms with van der Waals surface area (Å²) in [5.41, 5.74) is 1.91. The number of anilines is 2. The van der Waals surface area contributed by atoms with Crippen LogP contribution in [0.5, 0.6) is 0 Å². The normalized spacial score (nSPS) is 18.8. The van der Waals surface area contributed by atoms with Crippen molar-refractivity contribution in [3.05, 3.63) is 18.2 Å². The predicted molar refractivity (Wildman–Crippen MR) is 66.5 cm³/mol. The van der Waals surface area contributed by atoms with E-state index in [0.29, 0.717) is 12.4 Å². The third-order valence-corrected chi connectivity index (χ3v) is 3.01. The number of nitrogen functional groups attached to an aromatic ring is 1. The number of hydrogen-bond acceptors (Lipinski definition) is 5. The monoisotopic (exact) mass is 235 g/mol. The van der Waals surface area contributed by atoms with Gasteiger partial charge in [0, 0.05) is 13.1 Å². The topological polar surface area (TPSA) is 83.3 Å². The number of aromatic nitrogens is 1. The van der Waals surface area contributed by atoms with Crippen molar-refractivity contribution in [2.75, 3.05) is 23.4 Å². The number of carbonyl (C=O) groups excluding carboxylic acids is 1. The molecule has 6 heteroatoms. The average molecular weight is 235 g/mol. The number of hydrazine groups is 1. The van der Waals surface area contributed by atoms with E-state index >= 15 is 0 Å². The number of pyridine rings is 1. The third-order valence-electron chi connectivity index (χ3n) is 3.01. The molecule has 2 heterocycles. The molecule has 1 fully saturated rings. The summed E-state index contributed by atoms with van der Waals surface area (Å²) in [5.74, 6) is 6.68. The summed E-state index contributed by atoms with van der Waals surface area (Å²) < 4.78 is 0. The maximum Gasteiger partial charge on any atom is 0.245 e. The molecule has 0 aliphatic carbocycles. The van der Waals surface area contributed by atoms with Gasteiger partial charge in [-0.1, -0.05) is 6.07 Å². The highest BCUT2D eigenvalue weighted by molar-refractivity contribution is 5.90. The van der Waals surface area contributed by atoms with Gasteiger partial charge >= 0.3 is 0 Å². The van der Waals surface area contributed by atoms with Gasteiger partial charge in [0.15, 0.2) is 0 Å². The number of piperazine rings is 1. The number of amides is 1. The van der Waals surface area contributed by atoms with Gasteiger partial charge in [0.1, 0.15) is 17.2 Å². The minimum Gasteiger partial charge on any atom is -0.352 e. The zero-order valence-corrected chi connectivity index (χ0v) is 10.0. The lowest BCUT2D eigenvalue weighted by Gasteiger charge is -2.42. The molecule has 0 atom stereocenters. The Balaban J connectivity index is 2.34. The molecule has 1 aliphatic rings. The van der Waals surface area contributed by atoms with Crippen LogP contribution in [-0.2, 0) is 4.79 Å². The lowest BCUT2D eigenvalue weighted by Crippen LogP contribution is -2.62. The van der Waals surface area contributed by atoms with Crippen molar-refractivity contribution in [1.82, 2.24) is 10.3 Å². The van der Waals surface area contributed by atoms with Crippen molar-refractivity contribution in [3.8, 4) is 0 Å². The van der Waals surface area contributed by atoms with Crippen LogP contribution in [0.15, 0.2) is 18.2 Å². The van der Waals surface area contributed by atoms with Crippen molar-refractivity contribution in [3.63, 3.8) is 0 Å². The Morgan fingerprint density at radius 3 is 3.00 bits per heavy atom. The van der Waals surface area contributed by atoms with E-state index in [1.165, 1.54) is 0 Å². The molecule has 2 rings (SSSR count). The fraction of sp³-hybridized carbons (Fsp3) is 0.455. The van der Waals surface area contributed by atoms with Gasteiger partial charge < -0.3 is 15.6 Å². The number of nitrogens with two attached hydrogens (primary N) is 1. The largest absolute Gasteiger partial charge is 0.352 e. The van der Waals surface area contributed by atoms with Crippen LogP contribution in [0, 0.1) is 0 Å². The molecule has 1 aromatic heterocycles. The first-order chi connectivity index (χ1) is 8.05. The van der Waals surface area contributed by atoms with Gasteiger partial charge in [-0.15, -0.1) is 0 Å². The Morgan fingerprint density at radius 2 is 2.29 bits per heavy atom. The number of nitrogens with zero attached hydrogens (tertiary/aromatic N) is 2. The molecule has 1 amide bonds. The van der Waals surface area contributed by atoms with Gasteiger partial charge in [-0.3, -0.25) is 4.79 Å². The van der Waals surface area contributed by atoms with Crippen LogP contribution >= 0.6 is 0 Å². The van der Waals surface area contributed by atoms with Gasteiger partial charge in [0.25, 0.3) is 0 Å². The fourth-order valence-corrected chi connectivity index (χ4v) is 1.95. The molecule has 0 saturated carbocycles. The van der Waals surface area contributed by atoms with Crippen molar-refractivity contribution in [2.45, 2.75) is 19.4 Å². The van der Waals surface area contributed by atoms with Gasteiger partial charge in [0.2, 0.25) is 5.91 Å². The summed E-state index contributed by atoms with van der Waals surface area (Å²) >= 11 is 0. The lowest BCUT2D eigenvalue weighted by atomic mass is 9.99. The Kier molecular flexibility index (Phi) is 2.89. The van der Waals surface area contributed by atoms with Crippen molar-refractivity contribution < 1.29 is 4.79 Å². The molecular formula is C11H17N5O. The summed E-state index contributed by atoms with van der Waals surface area (Å²) in [4.78, 5) is 18.2. The maximum absolute atomic E-state index is 11.8. The highest BCUT2D eigenvalue weighted by Crippen LogP contribution is 2.25. The molecule has 1 aliphatic heterocycles. The first-order valence-electron chi connectivity index (χ1n) is 5.55. The molecule has 4 N–H and O–H groups in total. The summed E-state index contributed by atoms with van der Waals surface area (Å²) in [6.45, 7) is 5.13. The van der Waals surface area contributed by atoms with Gasteiger partial charge in [-0.25, -0.2) is 10.8 Å². The van der Waals surface area contributed by atoms with E-state index in [0.717, 1.165) is 12.4 Å². The maximum atomic E-state index is 11.8. The predicted octanol–water partition coefficient (Wildman–Crippen LogP) is 0.0820. The Bertz CT molecular complexity index is 432. The fourth-order valence-electron chi connectivity index (χ4n) is 1.95. The number of nitrogens with one attached hydrogen (secondary N) is 2. The standard InChI is InChI=1S/C11H17N5O/c1-11(2)10(17)13-6-7-16(11)9-5-3-4-8(14-9)15-12/h3-5H,6-7,12H2,1-2H3,(H,13,17)(H,14,15). The van der Waals surface area contributed by atoms with Crippen LogP contribution in [0.3, 0.4) is 0 Å². The van der Waals surface area contributed by atoms with Crippen molar-refractivity contribution in [2.24, 2.45) is 5.84 Å². The van der Waals surface area contributed by atoms with Crippen LogP contribution in [0.4, 0.5) is 11.6 Å². The Hall–Kier alpha value is -1.82. The highest BCUT2D eigenvalue weighted by atomic mass is 16.2. The second-order valence-electron chi connectivity index (χ2n) is 4.49. The molecule has 0 spiro atoms. The third kappa shape index (κ3) is 2.03. The zero-order chi connectivity index (χ0) is 12.5. The van der Waals surface area contributed by atoms with Gasteiger partial charge in [-0.05, 0) is 26.0 Å². The molecule has 0 unspecified atom stereocenters. The number of carbonyl (C=O) groups is 1. The van der Waals surface area contributed by atoms with E-state index in [1.807, 2.05) is 30.9 Å². The summed E-state index contributed by atoms with van der Waals surface area (Å²) in [6, 6.07) is 5.52. The minimum atomic E-state index is -0.599. The van der Waals surface area contributed by atoms with Crippen molar-refractivity contribution >= 4 is 17.5 Å². The molecule has 17 heavy (non-hydrogen) atoms. The molecular weight excluding hydrogens is 218 g/mol. The van der Waals surface area contributed by atoms with Gasteiger partial charge in [0.05, 0.1) is 0 Å². The quantitative estimate of drug-likeness (QED) is 0.499. The van der Waals surface area contributed by atoms with Crippen LogP contribution in [0.1, 0.15) is 13.8 Å². The summed E-state index contributed by atoms with van der Waals surface area (Å²) in [7, 11) is 0.